The molecule has 2 aromatic carbocycles. The molecule has 0 radical (unpaired) electrons. The monoisotopic (exact) mass is 429 g/mol. The van der Waals surface area contributed by atoms with Gasteiger partial charge >= 0.3 is 11.6 Å². The quantitative estimate of drug-likeness (QED) is 0.490. The van der Waals surface area contributed by atoms with Gasteiger partial charge in [0, 0.05) is 36.2 Å². The molecule has 0 bridgehead atoms. The van der Waals surface area contributed by atoms with E-state index in [1.807, 2.05) is 0 Å². The molecular formula is C21H19NO7S. The summed E-state index contributed by atoms with van der Waals surface area (Å²) in [7, 11) is -3.65. The zero-order valence-electron chi connectivity index (χ0n) is 15.9. The Balaban J connectivity index is 1.56. The van der Waals surface area contributed by atoms with Gasteiger partial charge in [0.15, 0.2) is 0 Å². The lowest BCUT2D eigenvalue weighted by Crippen LogP contribution is -2.28. The van der Waals surface area contributed by atoms with Crippen LogP contribution in [-0.4, -0.2) is 36.9 Å². The van der Waals surface area contributed by atoms with Gasteiger partial charge in [-0.15, -0.1) is 0 Å². The maximum atomic E-state index is 12.7. The predicted molar refractivity (Wildman–Crippen MR) is 108 cm³/mol. The maximum absolute atomic E-state index is 12.7. The summed E-state index contributed by atoms with van der Waals surface area (Å²) in [5.74, 6) is -0.774. The normalized spacial score (nSPS) is 14.8. The Kier molecular flexibility index (Phi) is 5.31. The Bertz CT molecular complexity index is 1270. The number of sulfonamides is 1. The van der Waals surface area contributed by atoms with Crippen LogP contribution in [0.5, 0.6) is 5.75 Å². The van der Waals surface area contributed by atoms with E-state index >= 15 is 0 Å². The molecular weight excluding hydrogens is 410 g/mol. The highest BCUT2D eigenvalue weighted by atomic mass is 32.2. The number of hydrogen-bond donors (Lipinski definition) is 1. The molecule has 0 aliphatic carbocycles. The number of rotatable bonds is 5. The maximum Gasteiger partial charge on any atom is 0.338 e. The number of nitrogens with zero attached hydrogens (tertiary/aromatic N) is 1. The van der Waals surface area contributed by atoms with Crippen LogP contribution in [0.1, 0.15) is 28.8 Å². The molecule has 1 aliphatic heterocycles. The molecule has 0 saturated carbocycles. The largest absolute Gasteiger partial charge is 0.508 e. The van der Waals surface area contributed by atoms with Crippen LogP contribution in [0.15, 0.2) is 62.6 Å². The number of carbonyl (C=O) groups excluding carboxylic acids is 1. The van der Waals surface area contributed by atoms with E-state index in [0.29, 0.717) is 24.0 Å². The molecule has 30 heavy (non-hydrogen) atoms. The number of aromatic hydroxyl groups is 1. The van der Waals surface area contributed by atoms with Crippen LogP contribution in [-0.2, 0) is 21.4 Å². The Labute approximate surface area is 172 Å². The van der Waals surface area contributed by atoms with Crippen LogP contribution in [0.25, 0.3) is 11.0 Å². The van der Waals surface area contributed by atoms with Gasteiger partial charge in [-0.05, 0) is 43.2 Å². The molecule has 0 atom stereocenters. The van der Waals surface area contributed by atoms with Crippen molar-refractivity contribution in [2.45, 2.75) is 24.3 Å². The van der Waals surface area contributed by atoms with E-state index in [2.05, 4.69) is 0 Å². The summed E-state index contributed by atoms with van der Waals surface area (Å²) in [4.78, 5) is 24.3. The Morgan fingerprint density at radius 2 is 1.87 bits per heavy atom. The fourth-order valence-electron chi connectivity index (χ4n) is 3.43. The van der Waals surface area contributed by atoms with Gasteiger partial charge in [-0.25, -0.2) is 18.0 Å². The summed E-state index contributed by atoms with van der Waals surface area (Å²) in [6.07, 6.45) is 1.63. The number of esters is 1. The Hall–Kier alpha value is -3.17. The van der Waals surface area contributed by atoms with Crippen molar-refractivity contribution in [2.75, 3.05) is 13.1 Å². The van der Waals surface area contributed by atoms with Crippen molar-refractivity contribution < 1.29 is 27.5 Å². The van der Waals surface area contributed by atoms with Gasteiger partial charge in [0.1, 0.15) is 17.9 Å². The molecule has 3 aromatic rings. The summed E-state index contributed by atoms with van der Waals surface area (Å²) >= 11 is 0. The third-order valence-electron chi connectivity index (χ3n) is 4.95. The third kappa shape index (κ3) is 3.94. The second-order valence-corrected chi connectivity index (χ2v) is 8.92. The van der Waals surface area contributed by atoms with Gasteiger partial charge in [-0.1, -0.05) is 6.07 Å². The van der Waals surface area contributed by atoms with E-state index in [1.165, 1.54) is 46.8 Å². The highest BCUT2D eigenvalue weighted by Crippen LogP contribution is 2.24. The predicted octanol–water partition coefficient (Wildman–Crippen LogP) is 2.64. The van der Waals surface area contributed by atoms with Crippen LogP contribution in [0.2, 0.25) is 0 Å². The van der Waals surface area contributed by atoms with Crippen molar-refractivity contribution in [3.05, 3.63) is 70.1 Å². The molecule has 156 valence electrons. The van der Waals surface area contributed by atoms with Gasteiger partial charge in [0.05, 0.1) is 10.5 Å². The van der Waals surface area contributed by atoms with Crippen LogP contribution in [0.4, 0.5) is 0 Å². The second kappa shape index (κ2) is 7.92. The number of carbonyl (C=O) groups is 1. The van der Waals surface area contributed by atoms with Gasteiger partial charge in [0.2, 0.25) is 10.0 Å². The third-order valence-corrected chi connectivity index (χ3v) is 6.84. The molecule has 1 aliphatic rings. The fraction of sp³-hybridized carbons (Fsp3) is 0.238. The molecule has 0 amide bonds. The standard InChI is InChI=1S/C21H19NO7S/c23-16-6-7-18-15(11-20(24)29-19(18)12-16)13-28-21(25)14-4-3-5-17(10-14)30(26,27)22-8-1-2-9-22/h3-7,10-12,23H,1-2,8-9,13H2. The molecule has 0 spiro atoms. The highest BCUT2D eigenvalue weighted by Gasteiger charge is 2.27. The molecule has 2 heterocycles. The minimum atomic E-state index is -3.65. The molecule has 8 nitrogen and oxygen atoms in total. The number of phenols is 1. The summed E-state index contributed by atoms with van der Waals surface area (Å²) < 4.78 is 37.2. The van der Waals surface area contributed by atoms with Crippen molar-refractivity contribution in [1.82, 2.24) is 4.31 Å². The average Bonchev–Trinajstić information content (AvgIpc) is 3.27. The van der Waals surface area contributed by atoms with Crippen molar-refractivity contribution in [1.29, 1.82) is 0 Å². The number of hydrogen-bond acceptors (Lipinski definition) is 7. The molecule has 1 saturated heterocycles. The smallest absolute Gasteiger partial charge is 0.338 e. The molecule has 4 rings (SSSR count). The SMILES string of the molecule is O=C(OCc1cc(=O)oc2cc(O)ccc12)c1cccc(S(=O)(=O)N2CCCC2)c1. The topological polar surface area (TPSA) is 114 Å². The first-order valence-corrected chi connectivity index (χ1v) is 10.8. The number of phenolic OH excluding ortho intramolecular Hbond substituents is 1. The second-order valence-electron chi connectivity index (χ2n) is 6.99. The number of fused-ring (bicyclic) bond motifs is 1. The molecule has 1 aromatic heterocycles. The lowest BCUT2D eigenvalue weighted by molar-refractivity contribution is 0.0473. The zero-order chi connectivity index (χ0) is 21.3. The minimum Gasteiger partial charge on any atom is -0.508 e. The lowest BCUT2D eigenvalue weighted by Gasteiger charge is -2.16. The Morgan fingerprint density at radius 1 is 1.10 bits per heavy atom. The molecule has 9 heteroatoms. The summed E-state index contributed by atoms with van der Waals surface area (Å²) in [6, 6.07) is 11.2. The van der Waals surface area contributed by atoms with Gasteiger partial charge in [-0.3, -0.25) is 0 Å². The Morgan fingerprint density at radius 3 is 2.63 bits per heavy atom. The zero-order valence-corrected chi connectivity index (χ0v) is 16.7. The van der Waals surface area contributed by atoms with E-state index in [-0.39, 0.29) is 28.4 Å². The fourth-order valence-corrected chi connectivity index (χ4v) is 4.99. The van der Waals surface area contributed by atoms with Crippen molar-refractivity contribution in [3.8, 4) is 5.75 Å². The summed E-state index contributed by atoms with van der Waals surface area (Å²) in [5, 5.41) is 10.1. The van der Waals surface area contributed by atoms with Gasteiger partial charge < -0.3 is 14.3 Å². The first kappa shape index (κ1) is 20.1. The minimum absolute atomic E-state index is 0.0418. The van der Waals surface area contributed by atoms with Crippen LogP contribution in [0, 0.1) is 0 Å². The number of benzene rings is 2. The lowest BCUT2D eigenvalue weighted by atomic mass is 10.1. The van der Waals surface area contributed by atoms with Crippen LogP contribution in [0.3, 0.4) is 0 Å². The average molecular weight is 429 g/mol. The first-order valence-electron chi connectivity index (χ1n) is 9.38. The summed E-state index contributed by atoms with van der Waals surface area (Å²) in [5.41, 5.74) is 0.0423. The van der Waals surface area contributed by atoms with Crippen molar-refractivity contribution >= 4 is 27.0 Å². The van der Waals surface area contributed by atoms with Crippen LogP contribution < -0.4 is 5.63 Å². The van der Waals surface area contributed by atoms with E-state index in [0.717, 1.165) is 12.8 Å². The van der Waals surface area contributed by atoms with Crippen molar-refractivity contribution in [3.63, 3.8) is 0 Å². The van der Waals surface area contributed by atoms with E-state index in [1.54, 1.807) is 6.07 Å². The summed E-state index contributed by atoms with van der Waals surface area (Å²) in [6.45, 7) is 0.723. The molecule has 0 unspecified atom stereocenters. The van der Waals surface area contributed by atoms with Gasteiger partial charge in [0.25, 0.3) is 0 Å². The number of ether oxygens (including phenoxy) is 1. The van der Waals surface area contributed by atoms with Gasteiger partial charge in [-0.2, -0.15) is 4.31 Å². The molecule has 1 fully saturated rings. The van der Waals surface area contributed by atoms with Crippen molar-refractivity contribution in [2.24, 2.45) is 0 Å². The van der Waals surface area contributed by atoms with E-state index in [4.69, 9.17) is 9.15 Å². The highest BCUT2D eigenvalue weighted by molar-refractivity contribution is 7.89. The molecule has 1 N–H and O–H groups in total. The van der Waals surface area contributed by atoms with E-state index in [9.17, 15) is 23.1 Å². The first-order chi connectivity index (χ1) is 14.3. The van der Waals surface area contributed by atoms with Crippen LogP contribution >= 0.6 is 0 Å². The van der Waals surface area contributed by atoms with E-state index < -0.39 is 21.6 Å².